The first-order valence-electron chi connectivity index (χ1n) is 4.77. The predicted octanol–water partition coefficient (Wildman–Crippen LogP) is 2.42. The Morgan fingerprint density at radius 2 is 2.19 bits per heavy atom. The monoisotopic (exact) mass is 240 g/mol. The Bertz CT molecular complexity index is 457. The van der Waals surface area contributed by atoms with E-state index < -0.39 is 6.09 Å². The first kappa shape index (κ1) is 10.9. The minimum Gasteiger partial charge on any atom is -0.465 e. The molecule has 1 aliphatic carbocycles. The van der Waals surface area contributed by atoms with Crippen molar-refractivity contribution in [2.24, 2.45) is 5.92 Å². The maximum absolute atomic E-state index is 11.8. The predicted molar refractivity (Wildman–Crippen MR) is 57.9 cm³/mol. The molecule has 1 aliphatic rings. The lowest BCUT2D eigenvalue weighted by atomic mass is 10.1. The van der Waals surface area contributed by atoms with Crippen LogP contribution in [0.3, 0.4) is 0 Å². The number of halogens is 1. The summed E-state index contributed by atoms with van der Waals surface area (Å²) in [6.07, 6.45) is 1.73. The quantitative estimate of drug-likeness (QED) is 0.628. The molecule has 16 heavy (non-hydrogen) atoms. The molecular formula is C10H9ClN2O3. The Balaban J connectivity index is 2.35. The number of carboxylic acid groups (broad SMARTS) is 1. The van der Waals surface area contributed by atoms with Gasteiger partial charge in [0.05, 0.1) is 11.9 Å². The van der Waals surface area contributed by atoms with E-state index in [2.05, 4.69) is 10.3 Å². The van der Waals surface area contributed by atoms with Crippen LogP contribution in [0.4, 0.5) is 10.5 Å². The number of pyridine rings is 1. The van der Waals surface area contributed by atoms with Crippen LogP contribution in [0.1, 0.15) is 23.2 Å². The highest BCUT2D eigenvalue weighted by molar-refractivity contribution is 6.30. The van der Waals surface area contributed by atoms with Gasteiger partial charge < -0.3 is 5.11 Å². The number of nitrogens with zero attached hydrogens (tertiary/aromatic N) is 1. The van der Waals surface area contributed by atoms with E-state index in [1.54, 1.807) is 0 Å². The topological polar surface area (TPSA) is 79.3 Å². The molecule has 0 atom stereocenters. The molecule has 1 fully saturated rings. The lowest BCUT2D eigenvalue weighted by Crippen LogP contribution is -2.13. The van der Waals surface area contributed by atoms with E-state index in [-0.39, 0.29) is 22.5 Å². The van der Waals surface area contributed by atoms with E-state index in [1.807, 2.05) is 0 Å². The van der Waals surface area contributed by atoms with Crippen molar-refractivity contribution in [3.63, 3.8) is 0 Å². The molecule has 1 aromatic rings. The molecule has 1 heterocycles. The summed E-state index contributed by atoms with van der Waals surface area (Å²) in [7, 11) is 0. The summed E-state index contributed by atoms with van der Waals surface area (Å²) in [6, 6.07) is 1.40. The largest absolute Gasteiger partial charge is 0.465 e. The molecule has 1 saturated carbocycles. The minimum atomic E-state index is -1.23. The Labute approximate surface area is 96.4 Å². The average molecular weight is 241 g/mol. The molecule has 0 spiro atoms. The number of hydrogen-bond acceptors (Lipinski definition) is 3. The number of Topliss-reactive ketones (excluding diaryl/α,β-unsaturated/α-hetero) is 1. The first-order valence-corrected chi connectivity index (χ1v) is 5.15. The van der Waals surface area contributed by atoms with Crippen LogP contribution >= 0.6 is 11.6 Å². The maximum atomic E-state index is 11.8. The van der Waals surface area contributed by atoms with Gasteiger partial charge in [-0.2, -0.15) is 0 Å². The van der Waals surface area contributed by atoms with Crippen LogP contribution in [0.15, 0.2) is 12.3 Å². The van der Waals surface area contributed by atoms with E-state index in [0.29, 0.717) is 5.56 Å². The van der Waals surface area contributed by atoms with Crippen molar-refractivity contribution in [2.45, 2.75) is 12.8 Å². The number of hydrogen-bond donors (Lipinski definition) is 2. The number of carbonyl (C=O) groups excluding carboxylic acids is 1. The van der Waals surface area contributed by atoms with Gasteiger partial charge in [0, 0.05) is 11.5 Å². The number of carbonyl (C=O) groups is 2. The highest BCUT2D eigenvalue weighted by Crippen LogP contribution is 2.35. The van der Waals surface area contributed by atoms with Crippen molar-refractivity contribution in [1.29, 1.82) is 0 Å². The maximum Gasteiger partial charge on any atom is 0.409 e. The summed E-state index contributed by atoms with van der Waals surface area (Å²) in [6.45, 7) is 0. The van der Waals surface area contributed by atoms with Crippen molar-refractivity contribution < 1.29 is 14.7 Å². The second kappa shape index (κ2) is 4.09. The highest BCUT2D eigenvalue weighted by Gasteiger charge is 2.32. The van der Waals surface area contributed by atoms with E-state index in [0.717, 1.165) is 12.8 Å². The standard InChI is InChI=1S/C10H9ClN2O3/c11-8-3-6(9(14)5-1-2-5)7(4-12-8)13-10(15)16/h3-5,13H,1-2H2,(H,15,16). The minimum absolute atomic E-state index is 0.00723. The molecule has 0 unspecified atom stereocenters. The number of amides is 1. The van der Waals surface area contributed by atoms with Crippen LogP contribution in [-0.2, 0) is 0 Å². The van der Waals surface area contributed by atoms with Gasteiger partial charge >= 0.3 is 6.09 Å². The Hall–Kier alpha value is -1.62. The Kier molecular flexibility index (Phi) is 2.78. The van der Waals surface area contributed by atoms with E-state index in [1.165, 1.54) is 12.3 Å². The Morgan fingerprint density at radius 1 is 1.50 bits per heavy atom. The molecule has 0 aliphatic heterocycles. The molecule has 6 heteroatoms. The summed E-state index contributed by atoms with van der Waals surface area (Å²) >= 11 is 5.68. The SMILES string of the molecule is O=C(O)Nc1cnc(Cl)cc1C(=O)C1CC1. The molecule has 1 amide bonds. The van der Waals surface area contributed by atoms with Gasteiger partial charge in [-0.3, -0.25) is 10.1 Å². The van der Waals surface area contributed by atoms with Crippen LogP contribution in [0, 0.1) is 5.92 Å². The van der Waals surface area contributed by atoms with E-state index in [9.17, 15) is 9.59 Å². The second-order valence-corrected chi connectivity index (χ2v) is 4.01. The fourth-order valence-corrected chi connectivity index (χ4v) is 1.57. The van der Waals surface area contributed by atoms with Gasteiger partial charge in [0.15, 0.2) is 5.78 Å². The number of ketones is 1. The average Bonchev–Trinajstić information content (AvgIpc) is 3.02. The fourth-order valence-electron chi connectivity index (χ4n) is 1.41. The molecule has 84 valence electrons. The van der Waals surface area contributed by atoms with E-state index in [4.69, 9.17) is 16.7 Å². The van der Waals surface area contributed by atoms with Crippen molar-refractivity contribution in [3.8, 4) is 0 Å². The molecular weight excluding hydrogens is 232 g/mol. The molecule has 0 saturated heterocycles. The number of rotatable bonds is 3. The molecule has 5 nitrogen and oxygen atoms in total. The summed E-state index contributed by atoms with van der Waals surface area (Å²) < 4.78 is 0. The van der Waals surface area contributed by atoms with Crippen molar-refractivity contribution >= 4 is 29.2 Å². The lowest BCUT2D eigenvalue weighted by molar-refractivity contribution is 0.0968. The number of anilines is 1. The van der Waals surface area contributed by atoms with Crippen LogP contribution in [-0.4, -0.2) is 22.0 Å². The second-order valence-electron chi connectivity index (χ2n) is 3.62. The normalized spacial score (nSPS) is 14.6. The lowest BCUT2D eigenvalue weighted by Gasteiger charge is -2.07. The molecule has 2 rings (SSSR count). The van der Waals surface area contributed by atoms with Crippen LogP contribution in [0.25, 0.3) is 0 Å². The van der Waals surface area contributed by atoms with Gasteiger partial charge in [0.1, 0.15) is 5.15 Å². The van der Waals surface area contributed by atoms with Gasteiger partial charge in [-0.1, -0.05) is 11.6 Å². The first-order chi connectivity index (χ1) is 7.58. The van der Waals surface area contributed by atoms with Crippen molar-refractivity contribution in [1.82, 2.24) is 4.98 Å². The smallest absolute Gasteiger partial charge is 0.409 e. The third-order valence-electron chi connectivity index (χ3n) is 2.33. The van der Waals surface area contributed by atoms with Gasteiger partial charge in [-0.05, 0) is 18.9 Å². The van der Waals surface area contributed by atoms with Crippen LogP contribution < -0.4 is 5.32 Å². The Morgan fingerprint density at radius 3 is 2.75 bits per heavy atom. The summed E-state index contributed by atoms with van der Waals surface area (Å²) in [5.41, 5.74) is 0.485. The van der Waals surface area contributed by atoms with Gasteiger partial charge in [0.25, 0.3) is 0 Å². The molecule has 2 N–H and O–H groups in total. The van der Waals surface area contributed by atoms with Gasteiger partial charge in [-0.15, -0.1) is 0 Å². The molecule has 0 radical (unpaired) electrons. The van der Waals surface area contributed by atoms with Gasteiger partial charge in [-0.25, -0.2) is 9.78 Å². The zero-order valence-corrected chi connectivity index (χ0v) is 8.99. The zero-order valence-electron chi connectivity index (χ0n) is 8.24. The molecule has 0 aromatic carbocycles. The van der Waals surface area contributed by atoms with E-state index >= 15 is 0 Å². The number of aromatic nitrogens is 1. The van der Waals surface area contributed by atoms with Gasteiger partial charge in [0.2, 0.25) is 0 Å². The van der Waals surface area contributed by atoms with Crippen molar-refractivity contribution in [2.75, 3.05) is 5.32 Å². The number of nitrogens with one attached hydrogen (secondary N) is 1. The third-order valence-corrected chi connectivity index (χ3v) is 2.53. The molecule has 1 aromatic heterocycles. The summed E-state index contributed by atoms with van der Waals surface area (Å²) in [5, 5.41) is 10.9. The third kappa shape index (κ3) is 2.30. The highest BCUT2D eigenvalue weighted by atomic mass is 35.5. The molecule has 0 bridgehead atoms. The zero-order chi connectivity index (χ0) is 11.7. The summed E-state index contributed by atoms with van der Waals surface area (Å²) in [5.74, 6) is -0.0686. The van der Waals surface area contributed by atoms with Crippen LogP contribution in [0.5, 0.6) is 0 Å². The summed E-state index contributed by atoms with van der Waals surface area (Å²) in [4.78, 5) is 26.1. The fraction of sp³-hybridized carbons (Fsp3) is 0.300. The van der Waals surface area contributed by atoms with Crippen LogP contribution in [0.2, 0.25) is 5.15 Å². The van der Waals surface area contributed by atoms with Crippen molar-refractivity contribution in [3.05, 3.63) is 23.0 Å².